The van der Waals surface area contributed by atoms with Crippen LogP contribution in [0.1, 0.15) is 18.1 Å². The molecule has 100 valence electrons. The molecular formula is C17H20O2. The largest absolute Gasteiger partial charge is 0.394 e. The van der Waals surface area contributed by atoms with E-state index in [0.29, 0.717) is 13.2 Å². The summed E-state index contributed by atoms with van der Waals surface area (Å²) >= 11 is 0. The lowest BCUT2D eigenvalue weighted by atomic mass is 10.1. The van der Waals surface area contributed by atoms with E-state index in [1.54, 1.807) is 0 Å². The van der Waals surface area contributed by atoms with Crippen molar-refractivity contribution in [3.63, 3.8) is 0 Å². The topological polar surface area (TPSA) is 29.5 Å². The van der Waals surface area contributed by atoms with Crippen LogP contribution in [0.25, 0.3) is 11.1 Å². The number of hydrogen-bond donors (Lipinski definition) is 1. The zero-order chi connectivity index (χ0) is 13.5. The van der Waals surface area contributed by atoms with Crippen LogP contribution in [0, 0.1) is 0 Å². The van der Waals surface area contributed by atoms with E-state index in [-0.39, 0.29) is 6.61 Å². The SMILES string of the molecule is CCOCCO.c1ccc2c(c1)Cc1ccccc1-2. The van der Waals surface area contributed by atoms with Gasteiger partial charge in [-0.1, -0.05) is 48.5 Å². The molecule has 0 spiro atoms. The van der Waals surface area contributed by atoms with Crippen molar-refractivity contribution >= 4 is 0 Å². The van der Waals surface area contributed by atoms with Crippen LogP contribution in [0.4, 0.5) is 0 Å². The normalized spacial score (nSPS) is 11.3. The minimum absolute atomic E-state index is 0.133. The van der Waals surface area contributed by atoms with Gasteiger partial charge in [0.15, 0.2) is 0 Å². The molecule has 0 fully saturated rings. The Balaban J connectivity index is 0.000000192. The van der Waals surface area contributed by atoms with E-state index in [0.717, 1.165) is 6.42 Å². The molecule has 0 bridgehead atoms. The van der Waals surface area contributed by atoms with E-state index in [4.69, 9.17) is 9.84 Å². The zero-order valence-corrected chi connectivity index (χ0v) is 11.3. The van der Waals surface area contributed by atoms with Crippen molar-refractivity contribution in [3.05, 3.63) is 59.7 Å². The van der Waals surface area contributed by atoms with Crippen LogP contribution >= 0.6 is 0 Å². The molecule has 1 aliphatic rings. The highest BCUT2D eigenvalue weighted by molar-refractivity contribution is 5.76. The molecule has 0 amide bonds. The third-order valence-corrected chi connectivity index (χ3v) is 3.15. The summed E-state index contributed by atoms with van der Waals surface area (Å²) in [5.41, 5.74) is 5.75. The van der Waals surface area contributed by atoms with Gasteiger partial charge < -0.3 is 9.84 Å². The van der Waals surface area contributed by atoms with Gasteiger partial charge in [0, 0.05) is 6.61 Å². The molecular weight excluding hydrogens is 236 g/mol. The summed E-state index contributed by atoms with van der Waals surface area (Å²) in [6.07, 6.45) is 1.10. The molecule has 0 aliphatic heterocycles. The second kappa shape index (κ2) is 7.07. The minimum atomic E-state index is 0.133. The number of hydrogen-bond acceptors (Lipinski definition) is 2. The highest BCUT2D eigenvalue weighted by Gasteiger charge is 2.15. The summed E-state index contributed by atoms with van der Waals surface area (Å²) in [5.74, 6) is 0. The monoisotopic (exact) mass is 256 g/mol. The maximum atomic E-state index is 8.07. The molecule has 0 heterocycles. The molecule has 2 heteroatoms. The highest BCUT2D eigenvalue weighted by atomic mass is 16.5. The van der Waals surface area contributed by atoms with Gasteiger partial charge in [-0.25, -0.2) is 0 Å². The molecule has 0 saturated heterocycles. The van der Waals surface area contributed by atoms with Gasteiger partial charge in [-0.05, 0) is 35.6 Å². The Labute approximate surface area is 114 Å². The van der Waals surface area contributed by atoms with Crippen molar-refractivity contribution in [2.24, 2.45) is 0 Å². The van der Waals surface area contributed by atoms with E-state index >= 15 is 0 Å². The van der Waals surface area contributed by atoms with Gasteiger partial charge in [0.25, 0.3) is 0 Å². The Morgan fingerprint density at radius 1 is 0.947 bits per heavy atom. The Hall–Kier alpha value is -1.64. The third-order valence-electron chi connectivity index (χ3n) is 3.15. The lowest BCUT2D eigenvalue weighted by Gasteiger charge is -1.98. The first-order chi connectivity index (χ1) is 9.36. The van der Waals surface area contributed by atoms with E-state index in [2.05, 4.69) is 48.5 Å². The maximum absolute atomic E-state index is 8.07. The number of ether oxygens (including phenoxy) is 1. The van der Waals surface area contributed by atoms with Gasteiger partial charge in [0.2, 0.25) is 0 Å². The van der Waals surface area contributed by atoms with E-state index < -0.39 is 0 Å². The summed E-state index contributed by atoms with van der Waals surface area (Å²) in [7, 11) is 0. The van der Waals surface area contributed by atoms with Crippen molar-refractivity contribution in [2.45, 2.75) is 13.3 Å². The van der Waals surface area contributed by atoms with Crippen LogP contribution in [-0.2, 0) is 11.2 Å². The van der Waals surface area contributed by atoms with E-state index in [1.807, 2.05) is 6.92 Å². The summed E-state index contributed by atoms with van der Waals surface area (Å²) < 4.78 is 4.73. The maximum Gasteiger partial charge on any atom is 0.0697 e. The van der Waals surface area contributed by atoms with Crippen molar-refractivity contribution in [1.29, 1.82) is 0 Å². The van der Waals surface area contributed by atoms with Gasteiger partial charge in [0.1, 0.15) is 0 Å². The van der Waals surface area contributed by atoms with Crippen LogP contribution in [0.5, 0.6) is 0 Å². The second-order valence-electron chi connectivity index (χ2n) is 4.41. The van der Waals surface area contributed by atoms with Gasteiger partial charge in [0.05, 0.1) is 13.2 Å². The van der Waals surface area contributed by atoms with Crippen molar-refractivity contribution in [1.82, 2.24) is 0 Å². The molecule has 0 saturated carbocycles. The minimum Gasteiger partial charge on any atom is -0.394 e. The Morgan fingerprint density at radius 3 is 1.89 bits per heavy atom. The van der Waals surface area contributed by atoms with Crippen molar-refractivity contribution < 1.29 is 9.84 Å². The van der Waals surface area contributed by atoms with Crippen molar-refractivity contribution in [2.75, 3.05) is 19.8 Å². The van der Waals surface area contributed by atoms with Crippen molar-refractivity contribution in [3.8, 4) is 11.1 Å². The number of aliphatic hydroxyl groups is 1. The average Bonchev–Trinajstić information content (AvgIpc) is 2.84. The lowest BCUT2D eigenvalue weighted by Crippen LogP contribution is -1.96. The lowest BCUT2D eigenvalue weighted by molar-refractivity contribution is 0.102. The average molecular weight is 256 g/mol. The molecule has 1 N–H and O–H groups in total. The molecule has 2 aromatic rings. The Kier molecular flexibility index (Phi) is 5.13. The summed E-state index contributed by atoms with van der Waals surface area (Å²) in [4.78, 5) is 0. The van der Waals surface area contributed by atoms with Crippen LogP contribution in [0.15, 0.2) is 48.5 Å². The molecule has 2 aromatic carbocycles. The summed E-state index contributed by atoms with van der Waals surface area (Å²) in [5, 5.41) is 8.07. The highest BCUT2D eigenvalue weighted by Crippen LogP contribution is 2.35. The van der Waals surface area contributed by atoms with Gasteiger partial charge >= 0.3 is 0 Å². The molecule has 0 unspecified atom stereocenters. The van der Waals surface area contributed by atoms with Gasteiger partial charge in [-0.3, -0.25) is 0 Å². The first-order valence-corrected chi connectivity index (χ1v) is 6.71. The zero-order valence-electron chi connectivity index (χ0n) is 11.3. The smallest absolute Gasteiger partial charge is 0.0697 e. The van der Waals surface area contributed by atoms with Crippen LogP contribution in [0.2, 0.25) is 0 Å². The fraction of sp³-hybridized carbons (Fsp3) is 0.294. The Bertz CT molecular complexity index is 473. The molecule has 0 atom stereocenters. The predicted molar refractivity (Wildman–Crippen MR) is 78.3 cm³/mol. The number of fused-ring (bicyclic) bond motifs is 3. The summed E-state index contributed by atoms with van der Waals surface area (Å²) in [6.45, 7) is 3.20. The number of benzene rings is 2. The van der Waals surface area contributed by atoms with Gasteiger partial charge in [-0.2, -0.15) is 0 Å². The van der Waals surface area contributed by atoms with Crippen LogP contribution in [-0.4, -0.2) is 24.9 Å². The quantitative estimate of drug-likeness (QED) is 0.729. The number of aliphatic hydroxyl groups excluding tert-OH is 1. The first kappa shape index (κ1) is 13.8. The van der Waals surface area contributed by atoms with E-state index in [1.165, 1.54) is 22.3 Å². The predicted octanol–water partition coefficient (Wildman–Crippen LogP) is 3.27. The fourth-order valence-corrected chi connectivity index (χ4v) is 2.29. The van der Waals surface area contributed by atoms with Gasteiger partial charge in [-0.15, -0.1) is 0 Å². The molecule has 0 aromatic heterocycles. The third kappa shape index (κ3) is 3.43. The second-order valence-corrected chi connectivity index (χ2v) is 4.41. The molecule has 0 radical (unpaired) electrons. The first-order valence-electron chi connectivity index (χ1n) is 6.71. The van der Waals surface area contributed by atoms with Crippen LogP contribution < -0.4 is 0 Å². The molecule has 19 heavy (non-hydrogen) atoms. The molecule has 1 aliphatic carbocycles. The summed E-state index contributed by atoms with van der Waals surface area (Å²) in [6, 6.07) is 17.3. The number of rotatable bonds is 3. The Morgan fingerprint density at radius 2 is 1.47 bits per heavy atom. The fourth-order valence-electron chi connectivity index (χ4n) is 2.29. The van der Waals surface area contributed by atoms with E-state index in [9.17, 15) is 0 Å². The standard InChI is InChI=1S/C13H10.C4H10O2/c1-3-7-12-10(5-1)9-11-6-2-4-8-13(11)12;1-2-6-4-3-5/h1-8H,9H2;5H,2-4H2,1H3. The van der Waals surface area contributed by atoms with Crippen LogP contribution in [0.3, 0.4) is 0 Å². The molecule has 2 nitrogen and oxygen atoms in total. The molecule has 3 rings (SSSR count).